The zero-order valence-electron chi connectivity index (χ0n) is 17.6. The highest BCUT2D eigenvalue weighted by Crippen LogP contribution is 2.25. The number of benzene rings is 3. The fourth-order valence-electron chi connectivity index (χ4n) is 3.61. The largest absolute Gasteiger partial charge is 0.488 e. The number of fused-ring (bicyclic) bond motifs is 1. The Kier molecular flexibility index (Phi) is 6.47. The minimum Gasteiger partial charge on any atom is -0.488 e. The third kappa shape index (κ3) is 4.95. The summed E-state index contributed by atoms with van der Waals surface area (Å²) in [6, 6.07) is 21.3. The van der Waals surface area contributed by atoms with Crippen LogP contribution in [0.15, 0.2) is 79.0 Å². The molecule has 2 atom stereocenters. The third-order valence-electron chi connectivity index (χ3n) is 5.27. The van der Waals surface area contributed by atoms with E-state index in [0.29, 0.717) is 12.2 Å². The Labute approximate surface area is 185 Å². The van der Waals surface area contributed by atoms with E-state index in [2.05, 4.69) is 10.4 Å². The van der Waals surface area contributed by atoms with Crippen molar-refractivity contribution in [3.63, 3.8) is 0 Å². The zero-order valence-corrected chi connectivity index (χ0v) is 17.6. The Morgan fingerprint density at radius 2 is 1.88 bits per heavy atom. The predicted molar refractivity (Wildman–Crippen MR) is 120 cm³/mol. The zero-order chi connectivity index (χ0) is 22.5. The summed E-state index contributed by atoms with van der Waals surface area (Å²) in [6.45, 7) is 1.28. The summed E-state index contributed by atoms with van der Waals surface area (Å²) >= 11 is 0. The first-order valence-corrected chi connectivity index (χ1v) is 10.4. The van der Waals surface area contributed by atoms with Gasteiger partial charge in [0, 0.05) is 11.8 Å². The molecular weight excluding hydrogens is 409 g/mol. The fourth-order valence-corrected chi connectivity index (χ4v) is 3.61. The highest BCUT2D eigenvalue weighted by molar-refractivity contribution is 5.81. The molecule has 0 aliphatic heterocycles. The monoisotopic (exact) mass is 433 g/mol. The van der Waals surface area contributed by atoms with Gasteiger partial charge in [-0.25, -0.2) is 9.07 Å². The Hall–Kier alpha value is -3.71. The molecule has 0 aliphatic rings. The van der Waals surface area contributed by atoms with E-state index in [0.717, 1.165) is 22.2 Å². The molecule has 0 unspecified atom stereocenters. The number of aromatic nitrogens is 2. The van der Waals surface area contributed by atoms with Crippen molar-refractivity contribution in [1.29, 1.82) is 0 Å². The van der Waals surface area contributed by atoms with E-state index in [1.165, 1.54) is 12.1 Å². The Bertz CT molecular complexity index is 1190. The molecule has 1 heterocycles. The van der Waals surface area contributed by atoms with Gasteiger partial charge in [0.1, 0.15) is 24.3 Å². The van der Waals surface area contributed by atoms with E-state index in [4.69, 9.17) is 9.84 Å². The number of rotatable bonds is 8. The van der Waals surface area contributed by atoms with Gasteiger partial charge in [0.2, 0.25) is 5.91 Å². The third-order valence-corrected chi connectivity index (χ3v) is 5.27. The molecule has 0 aliphatic carbocycles. The van der Waals surface area contributed by atoms with Gasteiger partial charge in [0.15, 0.2) is 0 Å². The molecule has 4 aromatic rings. The minimum atomic E-state index is -0.572. The molecule has 0 saturated heterocycles. The topological polar surface area (TPSA) is 76.4 Å². The number of carbonyl (C=O) groups excluding carboxylic acids is 1. The lowest BCUT2D eigenvalue weighted by Gasteiger charge is -2.26. The van der Waals surface area contributed by atoms with Crippen molar-refractivity contribution >= 4 is 16.8 Å². The van der Waals surface area contributed by atoms with Gasteiger partial charge in [-0.15, -0.1) is 0 Å². The van der Waals surface area contributed by atoms with Crippen LogP contribution in [0.1, 0.15) is 12.5 Å². The van der Waals surface area contributed by atoms with Gasteiger partial charge in [-0.1, -0.05) is 30.3 Å². The second-order valence-electron chi connectivity index (χ2n) is 7.61. The van der Waals surface area contributed by atoms with Crippen molar-refractivity contribution in [3.05, 3.63) is 90.4 Å². The number of aliphatic hydroxyl groups is 1. The number of ether oxygens (including phenoxy) is 1. The van der Waals surface area contributed by atoms with E-state index in [9.17, 15) is 9.18 Å². The molecule has 3 aromatic carbocycles. The van der Waals surface area contributed by atoms with Crippen LogP contribution >= 0.6 is 0 Å². The first kappa shape index (κ1) is 21.5. The summed E-state index contributed by atoms with van der Waals surface area (Å²) in [4.78, 5) is 11.7. The van der Waals surface area contributed by atoms with Crippen molar-refractivity contribution in [2.75, 3.05) is 6.61 Å². The second-order valence-corrected chi connectivity index (χ2v) is 7.61. The molecule has 0 bridgehead atoms. The molecule has 164 valence electrons. The number of hydrogen-bond acceptors (Lipinski definition) is 4. The smallest absolute Gasteiger partial charge is 0.246 e. The fraction of sp³-hybridized carbons (Fsp3) is 0.200. The maximum Gasteiger partial charge on any atom is 0.246 e. The van der Waals surface area contributed by atoms with Gasteiger partial charge in [-0.2, -0.15) is 5.10 Å². The summed E-state index contributed by atoms with van der Waals surface area (Å²) in [6.07, 6.45) is 1.97. The molecule has 1 amide bonds. The van der Waals surface area contributed by atoms with Crippen LogP contribution in [0, 0.1) is 5.82 Å². The lowest BCUT2D eigenvalue weighted by Crippen LogP contribution is -2.46. The normalized spacial score (nSPS) is 13.0. The molecule has 2 N–H and O–H groups in total. The molecule has 0 fully saturated rings. The van der Waals surface area contributed by atoms with Gasteiger partial charge in [-0.3, -0.25) is 4.79 Å². The van der Waals surface area contributed by atoms with Crippen LogP contribution in [0.4, 0.5) is 4.39 Å². The summed E-state index contributed by atoms with van der Waals surface area (Å²) in [7, 11) is 0. The van der Waals surface area contributed by atoms with Crippen LogP contribution in [-0.2, 0) is 11.2 Å². The van der Waals surface area contributed by atoms with Gasteiger partial charge >= 0.3 is 0 Å². The quantitative estimate of drug-likeness (QED) is 0.445. The van der Waals surface area contributed by atoms with Crippen molar-refractivity contribution in [2.24, 2.45) is 0 Å². The standard InChI is InChI=1S/C25H24FN3O3/c1-17(28-25(31)16-30)24(13-18-5-3-2-4-6-18)32-22-11-12-23-19(14-22)15-27-29(23)21-9-7-20(26)8-10-21/h2-12,14-15,17,24,30H,13,16H2,1H3,(H,28,31)/t17-,24-/m0/s1. The van der Waals surface area contributed by atoms with Crippen LogP contribution in [0.3, 0.4) is 0 Å². The molecule has 0 saturated carbocycles. The van der Waals surface area contributed by atoms with Crippen molar-refractivity contribution in [2.45, 2.75) is 25.5 Å². The van der Waals surface area contributed by atoms with E-state index in [1.54, 1.807) is 23.0 Å². The number of amides is 1. The Morgan fingerprint density at radius 1 is 1.12 bits per heavy atom. The minimum absolute atomic E-state index is 0.298. The second kappa shape index (κ2) is 9.62. The average molecular weight is 433 g/mol. The highest BCUT2D eigenvalue weighted by Gasteiger charge is 2.22. The molecule has 7 heteroatoms. The average Bonchev–Trinajstić information content (AvgIpc) is 3.23. The molecule has 0 radical (unpaired) electrons. The first-order chi connectivity index (χ1) is 15.5. The van der Waals surface area contributed by atoms with Crippen LogP contribution in [0.5, 0.6) is 5.75 Å². The summed E-state index contributed by atoms with van der Waals surface area (Å²) < 4.78 is 21.3. The number of carbonyl (C=O) groups is 1. The van der Waals surface area contributed by atoms with Gasteiger partial charge < -0.3 is 15.2 Å². The van der Waals surface area contributed by atoms with Crippen molar-refractivity contribution in [1.82, 2.24) is 15.1 Å². The molecule has 0 spiro atoms. The highest BCUT2D eigenvalue weighted by atomic mass is 19.1. The van der Waals surface area contributed by atoms with Crippen molar-refractivity contribution < 1.29 is 19.0 Å². The summed E-state index contributed by atoms with van der Waals surface area (Å²) in [5.41, 5.74) is 2.70. The van der Waals surface area contributed by atoms with Crippen LogP contribution in [0.2, 0.25) is 0 Å². The van der Waals surface area contributed by atoms with Gasteiger partial charge in [0.25, 0.3) is 0 Å². The number of halogens is 1. The summed E-state index contributed by atoms with van der Waals surface area (Å²) in [5, 5.41) is 17.2. The SMILES string of the molecule is C[C@H](NC(=O)CO)[C@H](Cc1ccccc1)Oc1ccc2c(cnn2-c2ccc(F)cc2)c1. The summed E-state index contributed by atoms with van der Waals surface area (Å²) in [5.74, 6) is -0.106. The lowest BCUT2D eigenvalue weighted by molar-refractivity contribution is -0.125. The maximum atomic E-state index is 13.3. The number of nitrogens with zero attached hydrogens (tertiary/aromatic N) is 2. The predicted octanol–water partition coefficient (Wildman–Crippen LogP) is 3.65. The van der Waals surface area contributed by atoms with E-state index < -0.39 is 12.5 Å². The molecule has 32 heavy (non-hydrogen) atoms. The Morgan fingerprint density at radius 3 is 2.59 bits per heavy atom. The maximum absolute atomic E-state index is 13.3. The molecular formula is C25H24FN3O3. The first-order valence-electron chi connectivity index (χ1n) is 10.4. The van der Waals surface area contributed by atoms with Gasteiger partial charge in [-0.05, 0) is 55.0 Å². The van der Waals surface area contributed by atoms with Crippen LogP contribution in [0.25, 0.3) is 16.6 Å². The van der Waals surface area contributed by atoms with E-state index in [1.807, 2.05) is 55.5 Å². The van der Waals surface area contributed by atoms with Crippen LogP contribution < -0.4 is 10.1 Å². The lowest BCUT2D eigenvalue weighted by atomic mass is 10.0. The molecule has 4 rings (SSSR count). The number of hydrogen-bond donors (Lipinski definition) is 2. The van der Waals surface area contributed by atoms with E-state index in [-0.39, 0.29) is 18.0 Å². The molecule has 6 nitrogen and oxygen atoms in total. The van der Waals surface area contributed by atoms with Crippen LogP contribution in [-0.4, -0.2) is 39.5 Å². The number of aliphatic hydroxyl groups excluding tert-OH is 1. The Balaban J connectivity index is 1.58. The van der Waals surface area contributed by atoms with Gasteiger partial charge in [0.05, 0.1) is 23.4 Å². The van der Waals surface area contributed by atoms with Crippen molar-refractivity contribution in [3.8, 4) is 11.4 Å². The number of nitrogens with one attached hydrogen (secondary N) is 1. The van der Waals surface area contributed by atoms with E-state index >= 15 is 0 Å². The molecule has 1 aromatic heterocycles.